The highest BCUT2D eigenvalue weighted by molar-refractivity contribution is 7.99. The van der Waals surface area contributed by atoms with Gasteiger partial charge in [0.2, 0.25) is 0 Å². The lowest BCUT2D eigenvalue weighted by atomic mass is 10.1. The monoisotopic (exact) mass is 235 g/mol. The fraction of sp³-hybridized carbons (Fsp3) is 0.571. The van der Waals surface area contributed by atoms with Crippen molar-refractivity contribution in [2.45, 2.75) is 43.4 Å². The summed E-state index contributed by atoms with van der Waals surface area (Å²) in [6.07, 6.45) is 7.66. The molecule has 1 aromatic rings. The van der Waals surface area contributed by atoms with Crippen molar-refractivity contribution in [1.29, 1.82) is 0 Å². The number of fused-ring (bicyclic) bond motifs is 1. The van der Waals surface area contributed by atoms with Gasteiger partial charge in [-0.3, -0.25) is 0 Å². The van der Waals surface area contributed by atoms with E-state index in [0.717, 1.165) is 6.54 Å². The van der Waals surface area contributed by atoms with Gasteiger partial charge in [0.25, 0.3) is 0 Å². The van der Waals surface area contributed by atoms with Gasteiger partial charge < -0.3 is 5.73 Å². The van der Waals surface area contributed by atoms with Crippen molar-refractivity contribution < 1.29 is 0 Å². The first-order valence-corrected chi connectivity index (χ1v) is 7.33. The molecule has 0 unspecified atom stereocenters. The fourth-order valence-corrected chi connectivity index (χ4v) is 3.23. The second-order valence-corrected chi connectivity index (χ2v) is 5.65. The van der Waals surface area contributed by atoms with Crippen LogP contribution in [0.2, 0.25) is 0 Å². The van der Waals surface area contributed by atoms with Gasteiger partial charge in [0.05, 0.1) is 0 Å². The lowest BCUT2D eigenvalue weighted by Gasteiger charge is -2.04. The van der Waals surface area contributed by atoms with E-state index in [1.807, 2.05) is 11.8 Å². The molecule has 0 spiro atoms. The normalized spacial score (nSPS) is 14.1. The summed E-state index contributed by atoms with van der Waals surface area (Å²) in [4.78, 5) is 1.45. The molecule has 0 saturated heterocycles. The van der Waals surface area contributed by atoms with E-state index in [-0.39, 0.29) is 0 Å². The third kappa shape index (κ3) is 3.26. The molecule has 0 aromatic heterocycles. The van der Waals surface area contributed by atoms with E-state index in [1.165, 1.54) is 49.2 Å². The molecule has 1 aliphatic rings. The lowest BCUT2D eigenvalue weighted by Crippen LogP contribution is -1.97. The molecule has 2 rings (SSSR count). The molecule has 0 saturated carbocycles. The van der Waals surface area contributed by atoms with E-state index in [0.29, 0.717) is 0 Å². The third-order valence-electron chi connectivity index (χ3n) is 3.19. The van der Waals surface area contributed by atoms with E-state index >= 15 is 0 Å². The molecular formula is C14H21NS. The van der Waals surface area contributed by atoms with E-state index in [2.05, 4.69) is 18.2 Å². The fourth-order valence-electron chi connectivity index (χ4n) is 2.25. The number of unbranched alkanes of at least 4 members (excludes halogenated alkanes) is 2. The summed E-state index contributed by atoms with van der Waals surface area (Å²) in [6.45, 7) is 0.837. The van der Waals surface area contributed by atoms with E-state index in [1.54, 1.807) is 11.1 Å². The van der Waals surface area contributed by atoms with Crippen molar-refractivity contribution in [2.24, 2.45) is 5.73 Å². The van der Waals surface area contributed by atoms with Crippen LogP contribution in [-0.2, 0) is 12.8 Å². The minimum Gasteiger partial charge on any atom is -0.330 e. The predicted octanol–water partition coefficient (Wildman–Crippen LogP) is 3.40. The maximum Gasteiger partial charge on any atom is 0.00748 e. The zero-order chi connectivity index (χ0) is 11.2. The Morgan fingerprint density at radius 1 is 1.06 bits per heavy atom. The Morgan fingerprint density at radius 2 is 1.94 bits per heavy atom. The van der Waals surface area contributed by atoms with Crippen molar-refractivity contribution in [2.75, 3.05) is 12.3 Å². The summed E-state index contributed by atoms with van der Waals surface area (Å²) in [5, 5.41) is 0. The van der Waals surface area contributed by atoms with Crippen molar-refractivity contribution >= 4 is 11.8 Å². The average molecular weight is 235 g/mol. The highest BCUT2D eigenvalue weighted by atomic mass is 32.2. The molecule has 0 fully saturated rings. The van der Waals surface area contributed by atoms with E-state index in [9.17, 15) is 0 Å². The first-order valence-electron chi connectivity index (χ1n) is 6.35. The number of thioether (sulfide) groups is 1. The number of hydrogen-bond donors (Lipinski definition) is 1. The Hall–Kier alpha value is -0.470. The largest absolute Gasteiger partial charge is 0.330 e. The van der Waals surface area contributed by atoms with Crippen LogP contribution < -0.4 is 5.73 Å². The van der Waals surface area contributed by atoms with Crippen LogP contribution in [0, 0.1) is 0 Å². The maximum atomic E-state index is 5.48. The average Bonchev–Trinajstić information content (AvgIpc) is 2.76. The summed E-state index contributed by atoms with van der Waals surface area (Å²) < 4.78 is 0. The van der Waals surface area contributed by atoms with Crippen LogP contribution in [0.25, 0.3) is 0 Å². The zero-order valence-corrected chi connectivity index (χ0v) is 10.7. The van der Waals surface area contributed by atoms with E-state index < -0.39 is 0 Å². The van der Waals surface area contributed by atoms with Gasteiger partial charge in [0, 0.05) is 4.90 Å². The first-order chi connectivity index (χ1) is 7.90. The van der Waals surface area contributed by atoms with Crippen LogP contribution in [0.4, 0.5) is 0 Å². The van der Waals surface area contributed by atoms with Gasteiger partial charge >= 0.3 is 0 Å². The SMILES string of the molecule is NCCCCCSc1ccc2c(c1)CCC2. The van der Waals surface area contributed by atoms with Crippen LogP contribution in [0.5, 0.6) is 0 Å². The molecule has 1 aliphatic carbocycles. The van der Waals surface area contributed by atoms with Gasteiger partial charge in [-0.25, -0.2) is 0 Å². The lowest BCUT2D eigenvalue weighted by molar-refractivity contribution is 0.732. The van der Waals surface area contributed by atoms with Gasteiger partial charge in [-0.2, -0.15) is 0 Å². The van der Waals surface area contributed by atoms with Crippen LogP contribution in [-0.4, -0.2) is 12.3 Å². The molecule has 88 valence electrons. The molecule has 2 heteroatoms. The smallest absolute Gasteiger partial charge is 0.00748 e. The van der Waals surface area contributed by atoms with Crippen LogP contribution in [0.1, 0.15) is 36.8 Å². The number of aryl methyl sites for hydroxylation is 2. The number of rotatable bonds is 6. The van der Waals surface area contributed by atoms with Gasteiger partial charge in [-0.1, -0.05) is 12.5 Å². The van der Waals surface area contributed by atoms with Crippen molar-refractivity contribution in [1.82, 2.24) is 0 Å². The second-order valence-electron chi connectivity index (χ2n) is 4.48. The van der Waals surface area contributed by atoms with Crippen molar-refractivity contribution in [3.63, 3.8) is 0 Å². The summed E-state index contributed by atoms with van der Waals surface area (Å²) >= 11 is 2.00. The number of hydrogen-bond acceptors (Lipinski definition) is 2. The third-order valence-corrected chi connectivity index (χ3v) is 4.27. The molecule has 0 atom stereocenters. The standard InChI is InChI=1S/C14H21NS/c15-9-2-1-3-10-16-14-8-7-12-5-4-6-13(12)11-14/h7-8,11H,1-6,9-10,15H2. The highest BCUT2D eigenvalue weighted by Crippen LogP contribution is 2.27. The summed E-state index contributed by atoms with van der Waals surface area (Å²) in [5.41, 5.74) is 8.64. The van der Waals surface area contributed by atoms with Crippen LogP contribution in [0.15, 0.2) is 23.1 Å². The van der Waals surface area contributed by atoms with Crippen molar-refractivity contribution in [3.8, 4) is 0 Å². The Labute approximate surface area is 103 Å². The first kappa shape index (κ1) is 12.0. The molecule has 1 nitrogen and oxygen atoms in total. The molecule has 2 N–H and O–H groups in total. The molecular weight excluding hydrogens is 214 g/mol. The highest BCUT2D eigenvalue weighted by Gasteiger charge is 2.10. The number of nitrogens with two attached hydrogens (primary N) is 1. The van der Waals surface area contributed by atoms with Gasteiger partial charge in [-0.15, -0.1) is 11.8 Å². The quantitative estimate of drug-likeness (QED) is 0.604. The molecule has 0 bridgehead atoms. The number of benzene rings is 1. The van der Waals surface area contributed by atoms with Gasteiger partial charge in [-0.05, 0) is 67.7 Å². The van der Waals surface area contributed by atoms with Gasteiger partial charge in [0.1, 0.15) is 0 Å². The topological polar surface area (TPSA) is 26.0 Å². The minimum absolute atomic E-state index is 0.837. The Morgan fingerprint density at radius 3 is 2.81 bits per heavy atom. The zero-order valence-electron chi connectivity index (χ0n) is 9.87. The molecule has 16 heavy (non-hydrogen) atoms. The maximum absolute atomic E-state index is 5.48. The van der Waals surface area contributed by atoms with E-state index in [4.69, 9.17) is 5.73 Å². The molecule has 0 aliphatic heterocycles. The van der Waals surface area contributed by atoms with Gasteiger partial charge in [0.15, 0.2) is 0 Å². The molecule has 0 heterocycles. The summed E-state index contributed by atoms with van der Waals surface area (Å²) in [7, 11) is 0. The minimum atomic E-state index is 0.837. The van der Waals surface area contributed by atoms with Crippen molar-refractivity contribution in [3.05, 3.63) is 29.3 Å². The molecule has 0 amide bonds. The molecule has 0 radical (unpaired) electrons. The Balaban J connectivity index is 1.77. The summed E-state index contributed by atoms with van der Waals surface area (Å²) in [5.74, 6) is 1.23. The Bertz CT molecular complexity index is 336. The van der Waals surface area contributed by atoms with Crippen LogP contribution in [0.3, 0.4) is 0 Å². The molecule has 1 aromatic carbocycles. The predicted molar refractivity (Wildman–Crippen MR) is 72.1 cm³/mol. The second kappa shape index (κ2) is 6.31. The summed E-state index contributed by atoms with van der Waals surface area (Å²) in [6, 6.07) is 7.01. The van der Waals surface area contributed by atoms with Crippen LogP contribution >= 0.6 is 11.8 Å². The Kier molecular flexibility index (Phi) is 4.73.